The zero-order valence-electron chi connectivity index (χ0n) is 13.5. The SMILES string of the molecule is COC(=O)C(C(=O)/C=C/c1cccnc1)C(=O)/C=C/c1cccnc1. The van der Waals surface area contributed by atoms with Gasteiger partial charge in [0, 0.05) is 24.8 Å². The number of ketones is 2. The fourth-order valence-corrected chi connectivity index (χ4v) is 1.99. The van der Waals surface area contributed by atoms with Gasteiger partial charge in [0.1, 0.15) is 0 Å². The third-order valence-corrected chi connectivity index (χ3v) is 3.25. The smallest absolute Gasteiger partial charge is 0.324 e. The first kappa shape index (κ1) is 17.9. The lowest BCUT2D eigenvalue weighted by Gasteiger charge is -2.08. The first-order chi connectivity index (χ1) is 12.1. The maximum atomic E-state index is 12.3. The largest absolute Gasteiger partial charge is 0.468 e. The molecule has 0 unspecified atom stereocenters. The van der Waals surface area contributed by atoms with Crippen molar-refractivity contribution in [3.05, 3.63) is 72.3 Å². The van der Waals surface area contributed by atoms with Crippen LogP contribution in [0, 0.1) is 5.92 Å². The summed E-state index contributed by atoms with van der Waals surface area (Å²) in [5, 5.41) is 0. The van der Waals surface area contributed by atoms with Gasteiger partial charge >= 0.3 is 5.97 Å². The third kappa shape index (κ3) is 5.31. The van der Waals surface area contributed by atoms with Crippen molar-refractivity contribution in [2.24, 2.45) is 5.92 Å². The Morgan fingerprint density at radius 3 is 1.76 bits per heavy atom. The number of hydrogen-bond acceptors (Lipinski definition) is 6. The lowest BCUT2D eigenvalue weighted by atomic mass is 9.97. The van der Waals surface area contributed by atoms with Crippen LogP contribution in [0.4, 0.5) is 0 Å². The van der Waals surface area contributed by atoms with Crippen LogP contribution < -0.4 is 0 Å². The van der Waals surface area contributed by atoms with Crippen LogP contribution in [0.1, 0.15) is 11.1 Å². The molecule has 0 fully saturated rings. The van der Waals surface area contributed by atoms with E-state index in [2.05, 4.69) is 14.7 Å². The summed E-state index contributed by atoms with van der Waals surface area (Å²) in [5.74, 6) is -3.75. The summed E-state index contributed by atoms with van der Waals surface area (Å²) >= 11 is 0. The minimum atomic E-state index is -1.54. The number of ether oxygens (including phenoxy) is 1. The highest BCUT2D eigenvalue weighted by atomic mass is 16.5. The first-order valence-electron chi connectivity index (χ1n) is 7.43. The lowest BCUT2D eigenvalue weighted by Crippen LogP contribution is -2.30. The molecule has 6 heteroatoms. The van der Waals surface area contributed by atoms with Crippen LogP contribution in [0.25, 0.3) is 12.2 Å². The van der Waals surface area contributed by atoms with Crippen molar-refractivity contribution in [2.45, 2.75) is 0 Å². The van der Waals surface area contributed by atoms with Gasteiger partial charge in [-0.05, 0) is 47.6 Å². The highest BCUT2D eigenvalue weighted by molar-refractivity contribution is 6.24. The fraction of sp³-hybridized carbons (Fsp3) is 0.105. The average Bonchev–Trinajstić information content (AvgIpc) is 2.66. The van der Waals surface area contributed by atoms with E-state index in [0.717, 1.165) is 7.11 Å². The van der Waals surface area contributed by atoms with E-state index in [0.29, 0.717) is 11.1 Å². The predicted molar refractivity (Wildman–Crippen MR) is 92.1 cm³/mol. The molecule has 0 radical (unpaired) electrons. The number of esters is 1. The van der Waals surface area contributed by atoms with Crippen LogP contribution in [0.15, 0.2) is 61.2 Å². The van der Waals surface area contributed by atoms with E-state index in [-0.39, 0.29) is 0 Å². The minimum Gasteiger partial charge on any atom is -0.468 e. The van der Waals surface area contributed by atoms with Crippen molar-refractivity contribution < 1.29 is 19.1 Å². The molecule has 2 aromatic heterocycles. The maximum absolute atomic E-state index is 12.3. The van der Waals surface area contributed by atoms with Gasteiger partial charge in [0.2, 0.25) is 0 Å². The number of nitrogens with zero attached hydrogens (tertiary/aromatic N) is 2. The van der Waals surface area contributed by atoms with Crippen molar-refractivity contribution in [1.82, 2.24) is 9.97 Å². The van der Waals surface area contributed by atoms with Crippen molar-refractivity contribution in [2.75, 3.05) is 7.11 Å². The molecule has 25 heavy (non-hydrogen) atoms. The van der Waals surface area contributed by atoms with E-state index in [4.69, 9.17) is 0 Å². The molecular formula is C19H16N2O4. The predicted octanol–water partition coefficient (Wildman–Crippen LogP) is 2.13. The first-order valence-corrected chi connectivity index (χ1v) is 7.43. The molecule has 0 atom stereocenters. The number of carbonyl (C=O) groups is 3. The number of carbonyl (C=O) groups excluding carboxylic acids is 3. The Kier molecular flexibility index (Phi) is 6.47. The van der Waals surface area contributed by atoms with Gasteiger partial charge in [0.05, 0.1) is 7.11 Å². The molecule has 0 bridgehead atoms. The topological polar surface area (TPSA) is 86.2 Å². The van der Waals surface area contributed by atoms with Gasteiger partial charge in [-0.15, -0.1) is 0 Å². The summed E-state index contributed by atoms with van der Waals surface area (Å²) in [4.78, 5) is 44.3. The van der Waals surface area contributed by atoms with E-state index in [1.807, 2.05) is 0 Å². The Hall–Kier alpha value is -3.41. The molecule has 0 saturated carbocycles. The van der Waals surface area contributed by atoms with Crippen LogP contribution in [-0.2, 0) is 19.1 Å². The Morgan fingerprint density at radius 2 is 1.40 bits per heavy atom. The Bertz CT molecular complexity index is 737. The molecule has 2 aromatic rings. The third-order valence-electron chi connectivity index (χ3n) is 3.25. The summed E-state index contributed by atoms with van der Waals surface area (Å²) < 4.78 is 4.59. The molecular weight excluding hydrogens is 320 g/mol. The molecule has 2 heterocycles. The average molecular weight is 336 g/mol. The van der Waals surface area contributed by atoms with Crippen LogP contribution in [-0.4, -0.2) is 34.6 Å². The monoisotopic (exact) mass is 336 g/mol. The summed E-state index contributed by atoms with van der Waals surface area (Å²) in [6, 6.07) is 6.91. The number of hydrogen-bond donors (Lipinski definition) is 0. The maximum Gasteiger partial charge on any atom is 0.324 e. The number of pyridine rings is 2. The van der Waals surface area contributed by atoms with Crippen LogP contribution in [0.2, 0.25) is 0 Å². The molecule has 0 aliphatic carbocycles. The molecule has 0 aliphatic heterocycles. The molecule has 0 spiro atoms. The molecule has 0 N–H and O–H groups in total. The van der Waals surface area contributed by atoms with Gasteiger partial charge in [0.15, 0.2) is 17.5 Å². The van der Waals surface area contributed by atoms with E-state index in [1.165, 1.54) is 24.3 Å². The molecule has 0 aliphatic rings. The number of aromatic nitrogens is 2. The second kappa shape index (κ2) is 9.02. The Balaban J connectivity index is 2.16. The second-order valence-electron chi connectivity index (χ2n) is 5.00. The Labute approximate surface area is 144 Å². The van der Waals surface area contributed by atoms with Gasteiger partial charge < -0.3 is 4.74 Å². The van der Waals surface area contributed by atoms with Gasteiger partial charge in [-0.2, -0.15) is 0 Å². The fourth-order valence-electron chi connectivity index (χ4n) is 1.99. The lowest BCUT2D eigenvalue weighted by molar-refractivity contribution is -0.150. The van der Waals surface area contributed by atoms with Gasteiger partial charge in [-0.3, -0.25) is 24.4 Å². The quantitative estimate of drug-likeness (QED) is 0.437. The summed E-state index contributed by atoms with van der Waals surface area (Å²) in [5.41, 5.74) is 1.36. The number of allylic oxidation sites excluding steroid dienone is 2. The Morgan fingerprint density at radius 1 is 0.920 bits per heavy atom. The van der Waals surface area contributed by atoms with E-state index < -0.39 is 23.5 Å². The molecule has 126 valence electrons. The summed E-state index contributed by atoms with van der Waals surface area (Å²) in [7, 11) is 1.13. The highest BCUT2D eigenvalue weighted by Gasteiger charge is 2.31. The molecule has 2 rings (SSSR count). The minimum absolute atomic E-state index is 0.656. The molecule has 0 amide bonds. The zero-order chi connectivity index (χ0) is 18.1. The highest BCUT2D eigenvalue weighted by Crippen LogP contribution is 2.10. The van der Waals surface area contributed by atoms with E-state index in [1.54, 1.807) is 49.1 Å². The molecule has 0 aromatic carbocycles. The van der Waals surface area contributed by atoms with Gasteiger partial charge in [-0.25, -0.2) is 0 Å². The van der Waals surface area contributed by atoms with Crippen molar-refractivity contribution >= 4 is 29.7 Å². The van der Waals surface area contributed by atoms with Crippen LogP contribution in [0.5, 0.6) is 0 Å². The molecule has 0 saturated heterocycles. The normalized spacial score (nSPS) is 11.1. The van der Waals surface area contributed by atoms with Crippen LogP contribution in [0.3, 0.4) is 0 Å². The van der Waals surface area contributed by atoms with Crippen molar-refractivity contribution in [3.8, 4) is 0 Å². The summed E-state index contributed by atoms with van der Waals surface area (Å²) in [6.07, 6.45) is 11.6. The van der Waals surface area contributed by atoms with Crippen LogP contribution >= 0.6 is 0 Å². The van der Waals surface area contributed by atoms with Gasteiger partial charge in [0.25, 0.3) is 0 Å². The van der Waals surface area contributed by atoms with E-state index in [9.17, 15) is 14.4 Å². The number of rotatable bonds is 7. The second-order valence-corrected chi connectivity index (χ2v) is 5.00. The van der Waals surface area contributed by atoms with E-state index >= 15 is 0 Å². The summed E-state index contributed by atoms with van der Waals surface area (Å²) in [6.45, 7) is 0. The van der Waals surface area contributed by atoms with Crippen molar-refractivity contribution in [3.63, 3.8) is 0 Å². The van der Waals surface area contributed by atoms with Gasteiger partial charge in [-0.1, -0.05) is 12.1 Å². The van der Waals surface area contributed by atoms with Crippen molar-refractivity contribution in [1.29, 1.82) is 0 Å². The standard InChI is InChI=1S/C19H16N2O4/c1-25-19(24)18(16(22)8-6-14-4-2-10-20-12-14)17(23)9-7-15-5-3-11-21-13-15/h2-13,18H,1H3/b8-6+,9-7+. The molecule has 6 nitrogen and oxygen atoms in total. The number of methoxy groups -OCH3 is 1. The zero-order valence-corrected chi connectivity index (χ0v) is 13.5.